The molecule has 1 aliphatic rings. The van der Waals surface area contributed by atoms with E-state index in [1.807, 2.05) is 54.1 Å². The van der Waals surface area contributed by atoms with E-state index in [-0.39, 0.29) is 36.0 Å². The molecule has 3 heterocycles. The number of nitrogens with one attached hydrogen (secondary N) is 1. The summed E-state index contributed by atoms with van der Waals surface area (Å²) in [6.07, 6.45) is 0.518. The van der Waals surface area contributed by atoms with Crippen LogP contribution in [0, 0.1) is 19.7 Å². The Morgan fingerprint density at radius 1 is 1.00 bits per heavy atom. The SMILES string of the molecule is COc1cc(OC)cc(C(=O)NCc2nnc(SCC(=O)N3N=C(c4cccs4)CC3c3ccc(F)cc3)n2-c2cc(C)ccc2C)c1. The number of thioether (sulfide) groups is 1. The number of carbonyl (C=O) groups excluding carboxylic acids is 2. The molecule has 1 atom stereocenters. The normalized spacial score (nSPS) is 14.1. The molecule has 246 valence electrons. The molecule has 13 heteroatoms. The van der Waals surface area contributed by atoms with Crippen molar-refractivity contribution in [2.45, 2.75) is 38.0 Å². The molecule has 6 rings (SSSR count). The summed E-state index contributed by atoms with van der Waals surface area (Å²) in [7, 11) is 3.05. The summed E-state index contributed by atoms with van der Waals surface area (Å²) in [6.45, 7) is 4.05. The molecule has 1 unspecified atom stereocenters. The van der Waals surface area contributed by atoms with Crippen LogP contribution in [0.15, 0.2) is 88.4 Å². The lowest BCUT2D eigenvalue weighted by Crippen LogP contribution is -2.28. The molecule has 5 aromatic rings. The molecule has 0 spiro atoms. The number of carbonyl (C=O) groups is 2. The first-order valence-electron chi connectivity index (χ1n) is 15.1. The van der Waals surface area contributed by atoms with Crippen LogP contribution in [0.4, 0.5) is 4.39 Å². The molecule has 0 bridgehead atoms. The average Bonchev–Trinajstić information content (AvgIpc) is 3.88. The number of ether oxygens (including phenoxy) is 2. The van der Waals surface area contributed by atoms with Gasteiger partial charge in [-0.3, -0.25) is 14.2 Å². The van der Waals surface area contributed by atoms with Crippen LogP contribution in [0.2, 0.25) is 0 Å². The van der Waals surface area contributed by atoms with Crippen molar-refractivity contribution in [3.05, 3.63) is 117 Å². The van der Waals surface area contributed by atoms with E-state index in [0.29, 0.717) is 34.5 Å². The number of halogens is 1. The molecule has 1 N–H and O–H groups in total. The fourth-order valence-electron chi connectivity index (χ4n) is 5.38. The molecule has 48 heavy (non-hydrogen) atoms. The Labute approximate surface area is 285 Å². The second-order valence-electron chi connectivity index (χ2n) is 11.1. The topological polar surface area (TPSA) is 111 Å². The van der Waals surface area contributed by atoms with Crippen molar-refractivity contribution < 1.29 is 23.5 Å². The number of thiophene rings is 1. The van der Waals surface area contributed by atoms with Gasteiger partial charge in [0, 0.05) is 18.1 Å². The number of nitrogens with zero attached hydrogens (tertiary/aromatic N) is 5. The second-order valence-corrected chi connectivity index (χ2v) is 13.0. The summed E-state index contributed by atoms with van der Waals surface area (Å²) in [5, 5.41) is 20.5. The van der Waals surface area contributed by atoms with E-state index < -0.39 is 0 Å². The Morgan fingerprint density at radius 3 is 2.44 bits per heavy atom. The van der Waals surface area contributed by atoms with E-state index in [2.05, 4.69) is 15.5 Å². The van der Waals surface area contributed by atoms with E-state index in [1.165, 1.54) is 43.1 Å². The number of hydrazone groups is 1. The minimum atomic E-state index is -0.367. The first-order valence-corrected chi connectivity index (χ1v) is 17.0. The van der Waals surface area contributed by atoms with Gasteiger partial charge in [-0.1, -0.05) is 42.1 Å². The highest BCUT2D eigenvalue weighted by molar-refractivity contribution is 7.99. The zero-order valence-corrected chi connectivity index (χ0v) is 28.4. The fraction of sp³-hybridized carbons (Fsp3) is 0.229. The second kappa shape index (κ2) is 14.4. The predicted molar refractivity (Wildman–Crippen MR) is 184 cm³/mol. The average molecular weight is 685 g/mol. The molecule has 1 aliphatic heterocycles. The molecule has 0 saturated heterocycles. The van der Waals surface area contributed by atoms with E-state index in [4.69, 9.17) is 14.6 Å². The Balaban J connectivity index is 1.26. The Kier molecular flexibility index (Phi) is 9.88. The first kappa shape index (κ1) is 32.9. The van der Waals surface area contributed by atoms with Gasteiger partial charge in [0.2, 0.25) is 0 Å². The number of aryl methyl sites for hydroxylation is 2. The Morgan fingerprint density at radius 2 is 1.75 bits per heavy atom. The quantitative estimate of drug-likeness (QED) is 0.158. The summed E-state index contributed by atoms with van der Waals surface area (Å²) in [6, 6.07) is 20.7. The molecule has 2 amide bonds. The summed E-state index contributed by atoms with van der Waals surface area (Å²) in [4.78, 5) is 28.0. The number of amides is 2. The first-order chi connectivity index (χ1) is 23.2. The number of rotatable bonds is 11. The molecule has 10 nitrogen and oxygen atoms in total. The Hall–Kier alpha value is -5.01. The van der Waals surface area contributed by atoms with Gasteiger partial charge in [0.05, 0.1) is 48.8 Å². The number of benzene rings is 3. The molecular weight excluding hydrogens is 652 g/mol. The fourth-order valence-corrected chi connectivity index (χ4v) is 6.92. The molecule has 0 saturated carbocycles. The van der Waals surface area contributed by atoms with Gasteiger partial charge >= 0.3 is 0 Å². The maximum Gasteiger partial charge on any atom is 0.253 e. The third-order valence-corrected chi connectivity index (χ3v) is 9.71. The predicted octanol–water partition coefficient (Wildman–Crippen LogP) is 6.50. The van der Waals surface area contributed by atoms with Crippen LogP contribution in [0.3, 0.4) is 0 Å². The number of methoxy groups -OCH3 is 2. The van der Waals surface area contributed by atoms with Crippen molar-refractivity contribution in [3.8, 4) is 17.2 Å². The van der Waals surface area contributed by atoms with Crippen LogP contribution >= 0.6 is 23.1 Å². The maximum atomic E-state index is 13.8. The molecule has 2 aromatic heterocycles. The zero-order valence-electron chi connectivity index (χ0n) is 26.8. The van der Waals surface area contributed by atoms with Crippen LogP contribution in [-0.2, 0) is 11.3 Å². The minimum absolute atomic E-state index is 0.0257. The smallest absolute Gasteiger partial charge is 0.253 e. The van der Waals surface area contributed by atoms with E-state index >= 15 is 0 Å². The van der Waals surface area contributed by atoms with Gasteiger partial charge in [-0.15, -0.1) is 21.5 Å². The monoisotopic (exact) mass is 684 g/mol. The van der Waals surface area contributed by atoms with Crippen LogP contribution in [0.5, 0.6) is 11.5 Å². The minimum Gasteiger partial charge on any atom is -0.497 e. The lowest BCUT2D eigenvalue weighted by Gasteiger charge is -2.22. The van der Waals surface area contributed by atoms with Gasteiger partial charge < -0.3 is 14.8 Å². The van der Waals surface area contributed by atoms with Crippen molar-refractivity contribution >= 4 is 40.6 Å². The van der Waals surface area contributed by atoms with Crippen LogP contribution in [0.1, 0.15) is 50.2 Å². The van der Waals surface area contributed by atoms with Gasteiger partial charge in [0.1, 0.15) is 17.3 Å². The molecule has 3 aromatic carbocycles. The van der Waals surface area contributed by atoms with Crippen LogP contribution < -0.4 is 14.8 Å². The summed E-state index contributed by atoms with van der Waals surface area (Å²) >= 11 is 2.80. The van der Waals surface area contributed by atoms with Gasteiger partial charge in [0.25, 0.3) is 11.8 Å². The maximum absolute atomic E-state index is 13.8. The van der Waals surface area contributed by atoms with E-state index in [9.17, 15) is 14.0 Å². The van der Waals surface area contributed by atoms with Gasteiger partial charge in [-0.05, 0) is 72.3 Å². The lowest BCUT2D eigenvalue weighted by molar-refractivity contribution is -0.130. The Bertz CT molecular complexity index is 1960. The third kappa shape index (κ3) is 7.11. The molecular formula is C35H33FN6O4S2. The van der Waals surface area contributed by atoms with E-state index in [0.717, 1.165) is 33.0 Å². The highest BCUT2D eigenvalue weighted by Gasteiger charge is 2.34. The highest BCUT2D eigenvalue weighted by atomic mass is 32.2. The van der Waals surface area contributed by atoms with E-state index in [1.54, 1.807) is 41.7 Å². The largest absolute Gasteiger partial charge is 0.497 e. The number of aromatic nitrogens is 3. The lowest BCUT2D eigenvalue weighted by atomic mass is 10.0. The zero-order chi connectivity index (χ0) is 33.8. The van der Waals surface area contributed by atoms with Crippen molar-refractivity contribution in [3.63, 3.8) is 0 Å². The number of hydrogen-bond acceptors (Lipinski definition) is 9. The van der Waals surface area contributed by atoms with Crippen LogP contribution in [-0.4, -0.2) is 57.3 Å². The summed E-state index contributed by atoms with van der Waals surface area (Å²) in [5.41, 5.74) is 4.82. The van der Waals surface area contributed by atoms with Crippen molar-refractivity contribution in [1.29, 1.82) is 0 Å². The third-order valence-electron chi connectivity index (χ3n) is 7.88. The number of hydrogen-bond donors (Lipinski definition) is 1. The van der Waals surface area contributed by atoms with Gasteiger partial charge in [-0.25, -0.2) is 9.40 Å². The highest BCUT2D eigenvalue weighted by Crippen LogP contribution is 2.35. The van der Waals surface area contributed by atoms with Gasteiger partial charge in [0.15, 0.2) is 11.0 Å². The van der Waals surface area contributed by atoms with Crippen molar-refractivity contribution in [2.24, 2.45) is 5.10 Å². The summed E-state index contributed by atoms with van der Waals surface area (Å²) < 4.78 is 26.3. The summed E-state index contributed by atoms with van der Waals surface area (Å²) in [5.74, 6) is 0.597. The standard InChI is InChI=1S/C35H33FN6O4S2/c1-21-7-8-22(2)29(14-21)41-32(19-37-34(44)24-15-26(45-3)17-27(16-24)46-4)38-39-35(41)48-20-33(43)42-30(23-9-11-25(36)12-10-23)18-28(40-42)31-6-5-13-47-31/h5-17,30H,18-20H2,1-4H3,(H,37,44). The van der Waals surface area contributed by atoms with Crippen molar-refractivity contribution in [1.82, 2.24) is 25.1 Å². The van der Waals surface area contributed by atoms with Crippen LogP contribution in [0.25, 0.3) is 5.69 Å². The molecule has 0 radical (unpaired) electrons. The molecule has 0 fully saturated rings. The van der Waals surface area contributed by atoms with Crippen molar-refractivity contribution in [2.75, 3.05) is 20.0 Å². The van der Waals surface area contributed by atoms with Gasteiger partial charge in [-0.2, -0.15) is 5.10 Å². The molecule has 0 aliphatic carbocycles.